The lowest BCUT2D eigenvalue weighted by Gasteiger charge is -1.99. The van der Waals surface area contributed by atoms with Gasteiger partial charge < -0.3 is 0 Å². The number of carbonyl (C=O) groups excluding carboxylic acids is 1. The highest BCUT2D eigenvalue weighted by Crippen LogP contribution is 2.01. The smallest absolute Gasteiger partial charge is 0.180 e. The lowest BCUT2D eigenvalue weighted by atomic mass is 10.1. The minimum atomic E-state index is -0.0347. The SMILES string of the molecule is N=C1C=CCCC1=O. The topological polar surface area (TPSA) is 40.9 Å². The van der Waals surface area contributed by atoms with Crippen LogP contribution in [0.25, 0.3) is 0 Å². The fraction of sp³-hybridized carbons (Fsp3) is 0.333. The molecule has 0 amide bonds. The predicted molar refractivity (Wildman–Crippen MR) is 31.1 cm³/mol. The summed E-state index contributed by atoms with van der Waals surface area (Å²) in [5.74, 6) is -0.0347. The molecule has 0 spiro atoms. The third kappa shape index (κ3) is 0.832. The Hall–Kier alpha value is -0.920. The third-order valence-corrected chi connectivity index (χ3v) is 1.12. The van der Waals surface area contributed by atoms with Crippen LogP contribution < -0.4 is 0 Å². The zero-order valence-corrected chi connectivity index (χ0v) is 4.48. The second kappa shape index (κ2) is 1.90. The summed E-state index contributed by atoms with van der Waals surface area (Å²) in [4.78, 5) is 10.5. The van der Waals surface area contributed by atoms with Gasteiger partial charge in [0.05, 0.1) is 5.71 Å². The Morgan fingerprint density at radius 2 is 2.38 bits per heavy atom. The van der Waals surface area contributed by atoms with Crippen LogP contribution in [0.5, 0.6) is 0 Å². The van der Waals surface area contributed by atoms with Gasteiger partial charge in [0.1, 0.15) is 0 Å². The van der Waals surface area contributed by atoms with E-state index < -0.39 is 0 Å². The molecule has 0 radical (unpaired) electrons. The van der Waals surface area contributed by atoms with E-state index in [9.17, 15) is 4.79 Å². The van der Waals surface area contributed by atoms with Gasteiger partial charge in [-0.2, -0.15) is 0 Å². The number of nitrogens with one attached hydrogen (secondary N) is 1. The van der Waals surface area contributed by atoms with Crippen molar-refractivity contribution < 1.29 is 4.79 Å². The maximum absolute atomic E-state index is 10.5. The van der Waals surface area contributed by atoms with Crippen LogP contribution in [0.2, 0.25) is 0 Å². The Kier molecular flexibility index (Phi) is 1.24. The fourth-order valence-corrected chi connectivity index (χ4v) is 0.643. The molecule has 0 saturated carbocycles. The second-order valence-electron chi connectivity index (χ2n) is 1.78. The first-order valence-corrected chi connectivity index (χ1v) is 2.59. The quantitative estimate of drug-likeness (QED) is 0.493. The van der Waals surface area contributed by atoms with E-state index >= 15 is 0 Å². The van der Waals surface area contributed by atoms with Crippen molar-refractivity contribution in [1.82, 2.24) is 0 Å². The van der Waals surface area contributed by atoms with E-state index in [1.807, 2.05) is 6.08 Å². The number of ketones is 1. The number of hydrogen-bond acceptors (Lipinski definition) is 2. The summed E-state index contributed by atoms with van der Waals surface area (Å²) in [5.41, 5.74) is 0.149. The summed E-state index contributed by atoms with van der Waals surface area (Å²) in [6.45, 7) is 0. The average molecular weight is 109 g/mol. The van der Waals surface area contributed by atoms with Gasteiger partial charge >= 0.3 is 0 Å². The fourth-order valence-electron chi connectivity index (χ4n) is 0.643. The average Bonchev–Trinajstić information content (AvgIpc) is 1.77. The van der Waals surface area contributed by atoms with E-state index in [0.29, 0.717) is 6.42 Å². The van der Waals surface area contributed by atoms with Gasteiger partial charge in [-0.25, -0.2) is 0 Å². The molecule has 0 aromatic carbocycles. The molecule has 0 aromatic heterocycles. The molecule has 0 bridgehead atoms. The molecule has 1 N–H and O–H groups in total. The van der Waals surface area contributed by atoms with Gasteiger partial charge in [-0.15, -0.1) is 0 Å². The first kappa shape index (κ1) is 5.22. The molecule has 0 heterocycles. The van der Waals surface area contributed by atoms with E-state index in [2.05, 4.69) is 0 Å². The van der Waals surface area contributed by atoms with Crippen molar-refractivity contribution in [2.75, 3.05) is 0 Å². The van der Waals surface area contributed by atoms with Crippen LogP contribution in [-0.2, 0) is 4.79 Å². The molecule has 1 aliphatic carbocycles. The summed E-state index contributed by atoms with van der Waals surface area (Å²) in [6, 6.07) is 0. The molecule has 0 atom stereocenters. The zero-order chi connectivity index (χ0) is 5.98. The molecule has 0 aromatic rings. The maximum atomic E-state index is 10.5. The molecule has 2 nitrogen and oxygen atoms in total. The number of allylic oxidation sites excluding steroid dienone is 2. The minimum absolute atomic E-state index is 0.0347. The van der Waals surface area contributed by atoms with Crippen molar-refractivity contribution >= 4 is 11.5 Å². The van der Waals surface area contributed by atoms with E-state index in [1.54, 1.807) is 6.08 Å². The van der Waals surface area contributed by atoms with Crippen LogP contribution in [0.15, 0.2) is 12.2 Å². The van der Waals surface area contributed by atoms with Crippen LogP contribution in [0, 0.1) is 5.41 Å². The van der Waals surface area contributed by atoms with E-state index in [0.717, 1.165) is 6.42 Å². The molecule has 1 rings (SSSR count). The number of carbonyl (C=O) groups is 1. The second-order valence-corrected chi connectivity index (χ2v) is 1.78. The lowest BCUT2D eigenvalue weighted by Crippen LogP contribution is -2.12. The zero-order valence-electron chi connectivity index (χ0n) is 4.48. The monoisotopic (exact) mass is 109 g/mol. The normalized spacial score (nSPS) is 19.5. The number of Topliss-reactive ketones (excluding diaryl/α,β-unsaturated/α-hetero) is 1. The highest BCUT2D eigenvalue weighted by Gasteiger charge is 2.07. The highest BCUT2D eigenvalue weighted by atomic mass is 16.1. The molecule has 0 aliphatic heterocycles. The van der Waals surface area contributed by atoms with E-state index in [-0.39, 0.29) is 11.5 Å². The highest BCUT2D eigenvalue weighted by molar-refractivity contribution is 6.43. The van der Waals surface area contributed by atoms with Crippen LogP contribution in [0.3, 0.4) is 0 Å². The molecule has 42 valence electrons. The summed E-state index contributed by atoms with van der Waals surface area (Å²) in [7, 11) is 0. The molecule has 8 heavy (non-hydrogen) atoms. The largest absolute Gasteiger partial charge is 0.297 e. The van der Waals surface area contributed by atoms with Crippen molar-refractivity contribution in [3.8, 4) is 0 Å². The Morgan fingerprint density at radius 1 is 1.62 bits per heavy atom. The molecule has 1 aliphatic rings. The predicted octanol–water partition coefficient (Wildman–Crippen LogP) is 0.925. The number of rotatable bonds is 0. The molecule has 0 unspecified atom stereocenters. The van der Waals surface area contributed by atoms with E-state index in [4.69, 9.17) is 5.41 Å². The first-order chi connectivity index (χ1) is 3.80. The Morgan fingerprint density at radius 3 is 2.75 bits per heavy atom. The van der Waals surface area contributed by atoms with Crippen molar-refractivity contribution in [1.29, 1.82) is 5.41 Å². The molecule has 2 heteroatoms. The van der Waals surface area contributed by atoms with Crippen molar-refractivity contribution in [2.45, 2.75) is 12.8 Å². The minimum Gasteiger partial charge on any atom is -0.297 e. The maximum Gasteiger partial charge on any atom is 0.180 e. The van der Waals surface area contributed by atoms with Gasteiger partial charge in [0.15, 0.2) is 5.78 Å². The lowest BCUT2D eigenvalue weighted by molar-refractivity contribution is -0.113. The van der Waals surface area contributed by atoms with Gasteiger partial charge in [0, 0.05) is 6.42 Å². The van der Waals surface area contributed by atoms with E-state index in [1.165, 1.54) is 0 Å². The standard InChI is InChI=1S/C6H7NO/c7-5-3-1-2-4-6(5)8/h1,3,7H,2,4H2. The van der Waals surface area contributed by atoms with Gasteiger partial charge in [0.2, 0.25) is 0 Å². The molecule has 0 fully saturated rings. The van der Waals surface area contributed by atoms with Gasteiger partial charge in [-0.1, -0.05) is 6.08 Å². The Bertz CT molecular complexity index is 158. The van der Waals surface area contributed by atoms with Gasteiger partial charge in [0.25, 0.3) is 0 Å². The molecule has 0 saturated heterocycles. The van der Waals surface area contributed by atoms with Crippen LogP contribution in [0.1, 0.15) is 12.8 Å². The summed E-state index contributed by atoms with van der Waals surface area (Å²) >= 11 is 0. The van der Waals surface area contributed by atoms with Crippen LogP contribution in [0.4, 0.5) is 0 Å². The number of hydrogen-bond donors (Lipinski definition) is 1. The Balaban J connectivity index is 2.75. The van der Waals surface area contributed by atoms with Gasteiger partial charge in [-0.05, 0) is 12.5 Å². The summed E-state index contributed by atoms with van der Waals surface area (Å²) in [6.07, 6.45) is 4.74. The van der Waals surface area contributed by atoms with Crippen molar-refractivity contribution in [2.24, 2.45) is 0 Å². The first-order valence-electron chi connectivity index (χ1n) is 2.59. The van der Waals surface area contributed by atoms with Crippen LogP contribution in [-0.4, -0.2) is 11.5 Å². The summed E-state index contributed by atoms with van der Waals surface area (Å²) in [5, 5.41) is 6.96. The molecular formula is C6H7NO. The van der Waals surface area contributed by atoms with Gasteiger partial charge in [-0.3, -0.25) is 10.2 Å². The van der Waals surface area contributed by atoms with Crippen molar-refractivity contribution in [3.05, 3.63) is 12.2 Å². The van der Waals surface area contributed by atoms with Crippen molar-refractivity contribution in [3.63, 3.8) is 0 Å². The Labute approximate surface area is 47.7 Å². The van der Waals surface area contributed by atoms with Crippen LogP contribution >= 0.6 is 0 Å². The third-order valence-electron chi connectivity index (χ3n) is 1.12. The molecular weight excluding hydrogens is 102 g/mol. The summed E-state index contributed by atoms with van der Waals surface area (Å²) < 4.78 is 0.